The largest absolute Gasteiger partial charge is 0.658 e. The molecule has 1 atom stereocenters. The van der Waals surface area contributed by atoms with Gasteiger partial charge in [-0.3, -0.25) is 0 Å². The van der Waals surface area contributed by atoms with Crippen LogP contribution in [0.2, 0.25) is 0 Å². The molecule has 0 saturated carbocycles. The van der Waals surface area contributed by atoms with Crippen molar-refractivity contribution in [1.29, 1.82) is 0 Å². The molecule has 0 N–H and O–H groups in total. The number of benzene rings is 1. The van der Waals surface area contributed by atoms with Crippen LogP contribution in [0.25, 0.3) is 5.32 Å². The van der Waals surface area contributed by atoms with Crippen molar-refractivity contribution in [2.45, 2.75) is 19.4 Å². The van der Waals surface area contributed by atoms with Crippen molar-refractivity contribution in [1.82, 2.24) is 0 Å². The van der Waals surface area contributed by atoms with E-state index in [0.29, 0.717) is 6.04 Å². The van der Waals surface area contributed by atoms with Gasteiger partial charge in [-0.25, -0.2) is 0 Å². The maximum absolute atomic E-state index is 4.28. The van der Waals surface area contributed by atoms with E-state index in [1.807, 2.05) is 13.1 Å². The van der Waals surface area contributed by atoms with Crippen LogP contribution >= 0.6 is 0 Å². The highest BCUT2D eigenvalue weighted by Crippen LogP contribution is 2.22. The van der Waals surface area contributed by atoms with Crippen LogP contribution < -0.4 is 0 Å². The average Bonchev–Trinajstić information content (AvgIpc) is 2.09. The third kappa shape index (κ3) is 2.05. The van der Waals surface area contributed by atoms with Crippen LogP contribution in [0.1, 0.15) is 24.9 Å². The third-order valence-electron chi connectivity index (χ3n) is 1.88. The second kappa shape index (κ2) is 4.14. The van der Waals surface area contributed by atoms with Gasteiger partial charge in [-0.15, -0.1) is 6.04 Å². The molecule has 0 aliphatic heterocycles. The van der Waals surface area contributed by atoms with Gasteiger partial charge in [0.15, 0.2) is 0 Å². The zero-order valence-electron chi connectivity index (χ0n) is 7.12. The fraction of sp³-hybridized carbons (Fsp3) is 0.400. The molecule has 0 unspecified atom stereocenters. The molecule has 0 saturated heterocycles. The summed E-state index contributed by atoms with van der Waals surface area (Å²) >= 11 is 0. The molecule has 0 fully saturated rings. The van der Waals surface area contributed by atoms with Gasteiger partial charge in [-0.05, 0) is 0 Å². The Morgan fingerprint density at radius 2 is 1.91 bits per heavy atom. The second-order valence-electron chi connectivity index (χ2n) is 2.59. The van der Waals surface area contributed by atoms with Gasteiger partial charge in [0.2, 0.25) is 0 Å². The zero-order chi connectivity index (χ0) is 8.10. The summed E-state index contributed by atoms with van der Waals surface area (Å²) < 4.78 is 0. The average molecular weight is 148 g/mol. The highest BCUT2D eigenvalue weighted by molar-refractivity contribution is 5.22. The number of nitrogens with zero attached hydrogens (tertiary/aromatic N) is 1. The summed E-state index contributed by atoms with van der Waals surface area (Å²) in [4.78, 5) is 0. The van der Waals surface area contributed by atoms with Crippen LogP contribution in [-0.2, 0) is 0 Å². The normalized spacial score (nSPS) is 12.9. The summed E-state index contributed by atoms with van der Waals surface area (Å²) in [5, 5.41) is 4.28. The minimum atomic E-state index is 0.385. The first-order valence-corrected chi connectivity index (χ1v) is 4.02. The van der Waals surface area contributed by atoms with E-state index in [-0.39, 0.29) is 0 Å². The van der Waals surface area contributed by atoms with Gasteiger partial charge in [0.05, 0.1) is 0 Å². The Bertz CT molecular complexity index is 189. The van der Waals surface area contributed by atoms with Crippen molar-refractivity contribution >= 4 is 0 Å². The summed E-state index contributed by atoms with van der Waals surface area (Å²) in [7, 11) is 1.88. The van der Waals surface area contributed by atoms with Crippen LogP contribution in [0.4, 0.5) is 0 Å². The molecule has 1 aromatic rings. The lowest BCUT2D eigenvalue weighted by atomic mass is 10.1. The van der Waals surface area contributed by atoms with E-state index in [4.69, 9.17) is 0 Å². The highest BCUT2D eigenvalue weighted by atomic mass is 14.9. The van der Waals surface area contributed by atoms with Crippen molar-refractivity contribution in [2.24, 2.45) is 0 Å². The van der Waals surface area contributed by atoms with Crippen molar-refractivity contribution in [3.63, 3.8) is 0 Å². The molecule has 0 spiro atoms. The molecule has 0 radical (unpaired) electrons. The highest BCUT2D eigenvalue weighted by Gasteiger charge is 1.94. The number of hydrogen-bond acceptors (Lipinski definition) is 0. The van der Waals surface area contributed by atoms with E-state index in [0.717, 1.165) is 6.42 Å². The molecule has 1 heteroatoms. The predicted octanol–water partition coefficient (Wildman–Crippen LogP) is 3.14. The van der Waals surface area contributed by atoms with Gasteiger partial charge < -0.3 is 5.32 Å². The Morgan fingerprint density at radius 1 is 1.27 bits per heavy atom. The van der Waals surface area contributed by atoms with Crippen molar-refractivity contribution in [2.75, 3.05) is 7.05 Å². The summed E-state index contributed by atoms with van der Waals surface area (Å²) in [6.07, 6.45) is 1.08. The molecular weight excluding hydrogens is 134 g/mol. The third-order valence-corrected chi connectivity index (χ3v) is 1.88. The van der Waals surface area contributed by atoms with Crippen LogP contribution in [0.15, 0.2) is 30.3 Å². The van der Waals surface area contributed by atoms with E-state index in [2.05, 4.69) is 36.5 Å². The fourth-order valence-corrected chi connectivity index (χ4v) is 1.24. The second-order valence-corrected chi connectivity index (χ2v) is 2.59. The van der Waals surface area contributed by atoms with Gasteiger partial charge in [0.25, 0.3) is 0 Å². The van der Waals surface area contributed by atoms with Gasteiger partial charge in [0, 0.05) is 0 Å². The summed E-state index contributed by atoms with van der Waals surface area (Å²) in [6.45, 7) is 2.16. The summed E-state index contributed by atoms with van der Waals surface area (Å²) in [5.41, 5.74) is 1.32. The van der Waals surface area contributed by atoms with Crippen LogP contribution in [-0.4, -0.2) is 7.05 Å². The van der Waals surface area contributed by atoms with Gasteiger partial charge in [0.1, 0.15) is 0 Å². The number of rotatable bonds is 3. The summed E-state index contributed by atoms with van der Waals surface area (Å²) in [6, 6.07) is 10.8. The summed E-state index contributed by atoms with van der Waals surface area (Å²) in [5.74, 6) is 0. The van der Waals surface area contributed by atoms with Crippen LogP contribution in [0, 0.1) is 0 Å². The molecular formula is C10H14N-. The van der Waals surface area contributed by atoms with Crippen molar-refractivity contribution < 1.29 is 0 Å². The maximum Gasteiger partial charge on any atom is -0.0605 e. The monoisotopic (exact) mass is 148 g/mol. The van der Waals surface area contributed by atoms with Crippen molar-refractivity contribution in [3.05, 3.63) is 41.2 Å². The molecule has 0 aliphatic rings. The number of hydrogen-bond donors (Lipinski definition) is 0. The fourth-order valence-electron chi connectivity index (χ4n) is 1.24. The molecule has 0 aromatic heterocycles. The Labute approximate surface area is 68.4 Å². The Balaban J connectivity index is 2.74. The lowest BCUT2D eigenvalue weighted by molar-refractivity contribution is 0.772. The molecule has 0 bridgehead atoms. The molecule has 0 amide bonds. The van der Waals surface area contributed by atoms with E-state index < -0.39 is 0 Å². The molecule has 60 valence electrons. The molecule has 11 heavy (non-hydrogen) atoms. The van der Waals surface area contributed by atoms with Gasteiger partial charge in [-0.1, -0.05) is 49.2 Å². The van der Waals surface area contributed by atoms with E-state index in [1.165, 1.54) is 5.56 Å². The van der Waals surface area contributed by atoms with E-state index >= 15 is 0 Å². The first-order valence-electron chi connectivity index (χ1n) is 4.02. The minimum absolute atomic E-state index is 0.385. The van der Waals surface area contributed by atoms with Gasteiger partial charge in [-0.2, -0.15) is 7.05 Å². The lowest BCUT2D eigenvalue weighted by Gasteiger charge is -2.26. The topological polar surface area (TPSA) is 14.1 Å². The first-order chi connectivity index (χ1) is 5.38. The van der Waals surface area contributed by atoms with E-state index in [9.17, 15) is 0 Å². The molecule has 0 aliphatic carbocycles. The predicted molar refractivity (Wildman–Crippen MR) is 48.8 cm³/mol. The Hall–Kier alpha value is -0.820. The van der Waals surface area contributed by atoms with Crippen molar-refractivity contribution in [3.8, 4) is 0 Å². The smallest absolute Gasteiger partial charge is 0.0605 e. The zero-order valence-corrected chi connectivity index (χ0v) is 7.12. The SMILES string of the molecule is CC[C@H]([N-]C)c1ccccc1. The van der Waals surface area contributed by atoms with E-state index in [1.54, 1.807) is 0 Å². The molecule has 1 aromatic carbocycles. The molecule has 1 nitrogen and oxygen atoms in total. The molecule has 1 rings (SSSR count). The molecule has 0 heterocycles. The quantitative estimate of drug-likeness (QED) is 0.625. The standard InChI is InChI=1S/C10H14N/c1-3-10(11-2)9-7-5-4-6-8-9/h4-8,10H,3H2,1-2H3/q-1/t10-/m0/s1. The first kappa shape index (κ1) is 8.28. The maximum atomic E-state index is 4.28. The minimum Gasteiger partial charge on any atom is -0.658 e. The van der Waals surface area contributed by atoms with Crippen LogP contribution in [0.5, 0.6) is 0 Å². The van der Waals surface area contributed by atoms with Gasteiger partial charge >= 0.3 is 0 Å². The Morgan fingerprint density at radius 3 is 2.36 bits per heavy atom. The Kier molecular flexibility index (Phi) is 3.12. The lowest BCUT2D eigenvalue weighted by Crippen LogP contribution is -1.93. The van der Waals surface area contributed by atoms with Crippen LogP contribution in [0.3, 0.4) is 0 Å².